The number of likely N-dealkylation sites (tertiary alicyclic amines) is 1. The van der Waals surface area contributed by atoms with Gasteiger partial charge >= 0.3 is 0 Å². The van der Waals surface area contributed by atoms with Gasteiger partial charge in [0.15, 0.2) is 0 Å². The lowest BCUT2D eigenvalue weighted by Gasteiger charge is -2.26. The summed E-state index contributed by atoms with van der Waals surface area (Å²) in [4.78, 5) is 32.5. The fraction of sp³-hybridized carbons (Fsp3) is 0.476. The fourth-order valence-corrected chi connectivity index (χ4v) is 4.26. The molecule has 8 heteroatoms. The van der Waals surface area contributed by atoms with E-state index in [-0.39, 0.29) is 24.3 Å². The van der Waals surface area contributed by atoms with Crippen molar-refractivity contribution in [3.05, 3.63) is 44.9 Å². The monoisotopic (exact) mass is 435 g/mol. The van der Waals surface area contributed by atoms with E-state index >= 15 is 0 Å². The number of thiazole rings is 1. The normalized spacial score (nSPS) is 14.9. The van der Waals surface area contributed by atoms with Crippen LogP contribution >= 0.6 is 22.9 Å². The summed E-state index contributed by atoms with van der Waals surface area (Å²) in [7, 11) is 0. The van der Waals surface area contributed by atoms with Gasteiger partial charge in [-0.1, -0.05) is 25.4 Å². The van der Waals surface area contributed by atoms with Crippen LogP contribution in [-0.4, -0.2) is 40.8 Å². The summed E-state index contributed by atoms with van der Waals surface area (Å²) in [6, 6.07) is 6.55. The molecule has 0 spiro atoms. The molecule has 1 fully saturated rings. The Morgan fingerprint density at radius 1 is 1.24 bits per heavy atom. The fourth-order valence-electron chi connectivity index (χ4n) is 3.26. The number of halogens is 1. The van der Waals surface area contributed by atoms with Crippen LogP contribution < -0.4 is 10.1 Å². The minimum Gasteiger partial charge on any atom is -0.486 e. The van der Waals surface area contributed by atoms with E-state index in [0.717, 1.165) is 25.9 Å². The quantitative estimate of drug-likeness (QED) is 0.711. The van der Waals surface area contributed by atoms with Crippen molar-refractivity contribution >= 4 is 34.8 Å². The van der Waals surface area contributed by atoms with Gasteiger partial charge in [0, 0.05) is 18.1 Å². The third-order valence-electron chi connectivity index (χ3n) is 4.86. The van der Waals surface area contributed by atoms with E-state index in [4.69, 9.17) is 16.3 Å². The minimum atomic E-state index is -0.532. The van der Waals surface area contributed by atoms with Gasteiger partial charge in [0.05, 0.1) is 5.69 Å². The molecule has 1 aromatic carbocycles. The van der Waals surface area contributed by atoms with Crippen LogP contribution in [0.15, 0.2) is 24.3 Å². The summed E-state index contributed by atoms with van der Waals surface area (Å²) >= 11 is 7.17. The van der Waals surface area contributed by atoms with Crippen LogP contribution in [0.2, 0.25) is 5.02 Å². The van der Waals surface area contributed by atoms with Gasteiger partial charge in [-0.15, -0.1) is 11.3 Å². The molecule has 2 amide bonds. The van der Waals surface area contributed by atoms with Gasteiger partial charge in [-0.3, -0.25) is 9.59 Å². The Bertz CT molecular complexity index is 861. The van der Waals surface area contributed by atoms with Crippen molar-refractivity contribution in [3.63, 3.8) is 0 Å². The van der Waals surface area contributed by atoms with Crippen LogP contribution in [-0.2, 0) is 11.4 Å². The molecule has 0 unspecified atom stereocenters. The van der Waals surface area contributed by atoms with E-state index in [9.17, 15) is 9.59 Å². The first-order valence-electron chi connectivity index (χ1n) is 9.79. The Hall–Kier alpha value is -2.12. The maximum absolute atomic E-state index is 12.9. The van der Waals surface area contributed by atoms with Crippen molar-refractivity contribution in [3.8, 4) is 5.75 Å². The number of aromatic nitrogens is 1. The molecule has 1 aliphatic heterocycles. The average Bonchev–Trinajstić information content (AvgIpc) is 3.34. The highest BCUT2D eigenvalue weighted by Crippen LogP contribution is 2.22. The standard InChI is InChI=1S/C21H26ClN3O3S/c1-13(2)18(21(27)25-10-4-5-11-25)24-20(26)19-14(3)23-17(29-19)12-28-16-8-6-15(22)7-9-16/h6-9,13,18H,4-5,10-12H2,1-3H3,(H,24,26)/t18-/m0/s1. The zero-order chi connectivity index (χ0) is 21.0. The Balaban J connectivity index is 1.65. The minimum absolute atomic E-state index is 0.000636. The first-order chi connectivity index (χ1) is 13.8. The first kappa shape index (κ1) is 21.6. The predicted octanol–water partition coefficient (Wildman–Crippen LogP) is 4.06. The number of benzene rings is 1. The number of aryl methyl sites for hydroxylation is 1. The van der Waals surface area contributed by atoms with E-state index < -0.39 is 6.04 Å². The topological polar surface area (TPSA) is 71.5 Å². The van der Waals surface area contributed by atoms with Crippen LogP contribution in [0.4, 0.5) is 0 Å². The molecule has 1 aliphatic rings. The second kappa shape index (κ2) is 9.59. The molecule has 156 valence electrons. The van der Waals surface area contributed by atoms with E-state index in [1.54, 1.807) is 31.2 Å². The zero-order valence-corrected chi connectivity index (χ0v) is 18.5. The maximum Gasteiger partial charge on any atom is 0.263 e. The average molecular weight is 436 g/mol. The van der Waals surface area contributed by atoms with E-state index in [0.29, 0.717) is 26.4 Å². The largest absolute Gasteiger partial charge is 0.486 e. The third-order valence-corrected chi connectivity index (χ3v) is 6.24. The van der Waals surface area contributed by atoms with Gasteiger partial charge in [0.25, 0.3) is 5.91 Å². The number of amides is 2. The molecule has 29 heavy (non-hydrogen) atoms. The van der Waals surface area contributed by atoms with Gasteiger partial charge in [0.1, 0.15) is 28.3 Å². The van der Waals surface area contributed by atoms with Crippen LogP contribution in [0.5, 0.6) is 5.75 Å². The third kappa shape index (κ3) is 5.48. The van der Waals surface area contributed by atoms with Gasteiger partial charge < -0.3 is 15.0 Å². The van der Waals surface area contributed by atoms with Crippen molar-refractivity contribution in [2.45, 2.75) is 46.3 Å². The van der Waals surface area contributed by atoms with E-state index in [1.807, 2.05) is 18.7 Å². The number of hydrogen-bond donors (Lipinski definition) is 1. The maximum atomic E-state index is 12.9. The molecule has 2 aromatic rings. The highest BCUT2D eigenvalue weighted by molar-refractivity contribution is 7.13. The van der Waals surface area contributed by atoms with Crippen molar-refractivity contribution in [1.29, 1.82) is 0 Å². The Morgan fingerprint density at radius 3 is 2.52 bits per heavy atom. The van der Waals surface area contributed by atoms with Crippen molar-refractivity contribution in [2.24, 2.45) is 5.92 Å². The lowest BCUT2D eigenvalue weighted by atomic mass is 10.0. The number of ether oxygens (including phenoxy) is 1. The van der Waals surface area contributed by atoms with Crippen molar-refractivity contribution in [1.82, 2.24) is 15.2 Å². The van der Waals surface area contributed by atoms with Crippen LogP contribution in [0, 0.1) is 12.8 Å². The number of nitrogens with one attached hydrogen (secondary N) is 1. The van der Waals surface area contributed by atoms with Gasteiger partial charge in [0.2, 0.25) is 5.91 Å². The molecule has 0 radical (unpaired) electrons. The first-order valence-corrected chi connectivity index (χ1v) is 11.0. The number of rotatable bonds is 7. The van der Waals surface area contributed by atoms with E-state index in [2.05, 4.69) is 10.3 Å². The molecule has 2 heterocycles. The Morgan fingerprint density at radius 2 is 1.90 bits per heavy atom. The molecule has 1 atom stereocenters. The smallest absolute Gasteiger partial charge is 0.263 e. The van der Waals surface area contributed by atoms with Gasteiger partial charge in [-0.2, -0.15) is 0 Å². The number of nitrogens with zero attached hydrogens (tertiary/aromatic N) is 2. The SMILES string of the molecule is Cc1nc(COc2ccc(Cl)cc2)sc1C(=O)N[C@H](C(=O)N1CCCC1)C(C)C. The second-order valence-corrected chi connectivity index (χ2v) is 9.01. The highest BCUT2D eigenvalue weighted by Gasteiger charge is 2.31. The van der Waals surface area contributed by atoms with Crippen molar-refractivity contribution < 1.29 is 14.3 Å². The van der Waals surface area contributed by atoms with Crippen molar-refractivity contribution in [2.75, 3.05) is 13.1 Å². The zero-order valence-electron chi connectivity index (χ0n) is 16.9. The van der Waals surface area contributed by atoms with Gasteiger partial charge in [-0.05, 0) is 49.9 Å². The summed E-state index contributed by atoms with van der Waals surface area (Å²) in [5.74, 6) is 0.431. The number of carbonyl (C=O) groups excluding carboxylic acids is 2. The summed E-state index contributed by atoms with van der Waals surface area (Å²) in [6.07, 6.45) is 2.05. The summed E-state index contributed by atoms with van der Waals surface area (Å²) < 4.78 is 5.72. The van der Waals surface area contributed by atoms with Crippen LogP contribution in [0.3, 0.4) is 0 Å². The van der Waals surface area contributed by atoms with Gasteiger partial charge in [-0.25, -0.2) is 4.98 Å². The molecule has 1 N–H and O–H groups in total. The molecule has 0 aliphatic carbocycles. The molecular weight excluding hydrogens is 410 g/mol. The van der Waals surface area contributed by atoms with Crippen LogP contribution in [0.25, 0.3) is 0 Å². The lowest BCUT2D eigenvalue weighted by molar-refractivity contribution is -0.133. The molecule has 0 bridgehead atoms. The second-order valence-electron chi connectivity index (χ2n) is 7.49. The Kier molecular flexibility index (Phi) is 7.14. The van der Waals surface area contributed by atoms with E-state index in [1.165, 1.54) is 11.3 Å². The predicted molar refractivity (Wildman–Crippen MR) is 115 cm³/mol. The van der Waals surface area contributed by atoms with Crippen LogP contribution in [0.1, 0.15) is 47.1 Å². The highest BCUT2D eigenvalue weighted by atomic mass is 35.5. The lowest BCUT2D eigenvalue weighted by Crippen LogP contribution is -2.50. The molecule has 1 aromatic heterocycles. The number of carbonyl (C=O) groups is 2. The summed E-state index contributed by atoms with van der Waals surface area (Å²) in [5, 5.41) is 4.27. The molecule has 1 saturated heterocycles. The Labute approximate surface area is 180 Å². The molecule has 0 saturated carbocycles. The molecular formula is C21H26ClN3O3S. The summed E-state index contributed by atoms with van der Waals surface area (Å²) in [5.41, 5.74) is 0.637. The molecule has 6 nitrogen and oxygen atoms in total. The molecule has 3 rings (SSSR count). The summed E-state index contributed by atoms with van der Waals surface area (Å²) in [6.45, 7) is 7.49. The number of hydrogen-bond acceptors (Lipinski definition) is 5.